The fraction of sp³-hybridized carbons (Fsp3) is 0.500. The zero-order valence-corrected chi connectivity index (χ0v) is 10.2. The first-order chi connectivity index (χ1) is 7.70. The number of nitrogens with one attached hydrogen (secondary N) is 1. The summed E-state index contributed by atoms with van der Waals surface area (Å²) in [6, 6.07) is 10.4. The van der Waals surface area contributed by atoms with Crippen LogP contribution in [0.3, 0.4) is 0 Å². The summed E-state index contributed by atoms with van der Waals surface area (Å²) in [4.78, 5) is 11.3. The van der Waals surface area contributed by atoms with Crippen LogP contribution in [0.5, 0.6) is 0 Å². The molecule has 0 spiro atoms. The smallest absolute Gasteiger partial charge is 0.136 e. The van der Waals surface area contributed by atoms with E-state index >= 15 is 0 Å². The van der Waals surface area contributed by atoms with Crippen LogP contribution in [0, 0.1) is 5.92 Å². The molecular formula is C14H21NO. The lowest BCUT2D eigenvalue weighted by molar-refractivity contribution is -0.121. The number of rotatable bonds is 7. The Morgan fingerprint density at radius 2 is 1.88 bits per heavy atom. The maximum atomic E-state index is 11.3. The zero-order chi connectivity index (χ0) is 11.8. The van der Waals surface area contributed by atoms with Crippen LogP contribution in [0.4, 0.5) is 0 Å². The minimum absolute atomic E-state index is 0.163. The number of Topliss-reactive ketones (excluding diaryl/α,β-unsaturated/α-hetero) is 1. The van der Waals surface area contributed by atoms with Crippen molar-refractivity contribution >= 4 is 5.78 Å². The lowest BCUT2D eigenvalue weighted by Gasteiger charge is -2.06. The first-order valence-electron chi connectivity index (χ1n) is 5.97. The van der Waals surface area contributed by atoms with E-state index in [0.29, 0.717) is 12.2 Å². The van der Waals surface area contributed by atoms with E-state index < -0.39 is 0 Å². The molecule has 1 aromatic carbocycles. The third-order valence-electron chi connectivity index (χ3n) is 2.63. The third kappa shape index (κ3) is 5.08. The number of carbonyl (C=O) groups is 1. The molecule has 16 heavy (non-hydrogen) atoms. The highest BCUT2D eigenvalue weighted by atomic mass is 16.1. The summed E-state index contributed by atoms with van der Waals surface area (Å²) in [5.41, 5.74) is 1.34. The summed E-state index contributed by atoms with van der Waals surface area (Å²) in [5.74, 6) is 0.503. The topological polar surface area (TPSA) is 29.1 Å². The van der Waals surface area contributed by atoms with Gasteiger partial charge in [0.2, 0.25) is 0 Å². The van der Waals surface area contributed by atoms with Gasteiger partial charge >= 0.3 is 0 Å². The summed E-state index contributed by atoms with van der Waals surface area (Å²) in [6.45, 7) is 5.64. The quantitative estimate of drug-likeness (QED) is 0.714. The Balaban J connectivity index is 2.07. The Bertz CT molecular complexity index is 306. The van der Waals surface area contributed by atoms with E-state index in [1.54, 1.807) is 0 Å². The monoisotopic (exact) mass is 219 g/mol. The van der Waals surface area contributed by atoms with Crippen molar-refractivity contribution in [3.8, 4) is 0 Å². The van der Waals surface area contributed by atoms with Gasteiger partial charge in [0, 0.05) is 18.9 Å². The number of benzene rings is 1. The zero-order valence-electron chi connectivity index (χ0n) is 10.2. The van der Waals surface area contributed by atoms with Crippen molar-refractivity contribution in [2.45, 2.75) is 26.7 Å². The van der Waals surface area contributed by atoms with E-state index in [4.69, 9.17) is 0 Å². The first-order valence-corrected chi connectivity index (χ1v) is 5.97. The van der Waals surface area contributed by atoms with Crippen LogP contribution in [0.25, 0.3) is 0 Å². The van der Waals surface area contributed by atoms with Gasteiger partial charge in [-0.3, -0.25) is 4.79 Å². The second-order valence-corrected chi connectivity index (χ2v) is 4.36. The fourth-order valence-electron chi connectivity index (χ4n) is 1.50. The molecule has 2 heteroatoms. The molecule has 1 rings (SSSR count). The SMILES string of the molecule is CC(C)C(=O)CCNCCc1ccccc1. The van der Waals surface area contributed by atoms with Gasteiger partial charge in [0.25, 0.3) is 0 Å². The molecule has 0 aliphatic carbocycles. The molecular weight excluding hydrogens is 198 g/mol. The summed E-state index contributed by atoms with van der Waals surface area (Å²) in [7, 11) is 0. The fourth-order valence-corrected chi connectivity index (χ4v) is 1.50. The molecule has 0 aliphatic rings. The molecule has 0 fully saturated rings. The average molecular weight is 219 g/mol. The van der Waals surface area contributed by atoms with Crippen LogP contribution in [-0.2, 0) is 11.2 Å². The minimum Gasteiger partial charge on any atom is -0.316 e. The highest BCUT2D eigenvalue weighted by Gasteiger charge is 2.05. The van der Waals surface area contributed by atoms with Crippen molar-refractivity contribution in [2.75, 3.05) is 13.1 Å². The van der Waals surface area contributed by atoms with Crippen LogP contribution in [-0.4, -0.2) is 18.9 Å². The normalized spacial score (nSPS) is 10.7. The van der Waals surface area contributed by atoms with E-state index in [-0.39, 0.29) is 5.92 Å². The summed E-state index contributed by atoms with van der Waals surface area (Å²) in [5, 5.41) is 3.30. The predicted octanol–water partition coefficient (Wildman–Crippen LogP) is 2.43. The van der Waals surface area contributed by atoms with Crippen LogP contribution < -0.4 is 5.32 Å². The molecule has 2 nitrogen and oxygen atoms in total. The lowest BCUT2D eigenvalue weighted by atomic mass is 10.1. The van der Waals surface area contributed by atoms with Crippen molar-refractivity contribution in [3.05, 3.63) is 35.9 Å². The van der Waals surface area contributed by atoms with Gasteiger partial charge in [-0.2, -0.15) is 0 Å². The van der Waals surface area contributed by atoms with Crippen molar-refractivity contribution in [2.24, 2.45) is 5.92 Å². The van der Waals surface area contributed by atoms with E-state index in [1.807, 2.05) is 19.9 Å². The van der Waals surface area contributed by atoms with Gasteiger partial charge in [-0.15, -0.1) is 0 Å². The summed E-state index contributed by atoms with van der Waals surface area (Å²) in [6.07, 6.45) is 1.67. The molecule has 0 atom stereocenters. The molecule has 0 heterocycles. The molecule has 1 N–H and O–H groups in total. The largest absolute Gasteiger partial charge is 0.316 e. The molecule has 1 aromatic rings. The van der Waals surface area contributed by atoms with Gasteiger partial charge in [0.1, 0.15) is 5.78 Å². The highest BCUT2D eigenvalue weighted by molar-refractivity contribution is 5.80. The first kappa shape index (κ1) is 12.9. The Hall–Kier alpha value is -1.15. The number of carbonyl (C=O) groups excluding carboxylic acids is 1. The summed E-state index contributed by atoms with van der Waals surface area (Å²) >= 11 is 0. The average Bonchev–Trinajstić information content (AvgIpc) is 2.29. The molecule has 0 saturated heterocycles. The highest BCUT2D eigenvalue weighted by Crippen LogP contribution is 1.99. The van der Waals surface area contributed by atoms with E-state index in [0.717, 1.165) is 19.5 Å². The van der Waals surface area contributed by atoms with Gasteiger partial charge in [-0.05, 0) is 18.5 Å². The molecule has 0 aromatic heterocycles. The van der Waals surface area contributed by atoms with Crippen molar-refractivity contribution in [1.82, 2.24) is 5.32 Å². The second kappa shape index (κ2) is 7.18. The van der Waals surface area contributed by atoms with Crippen LogP contribution in [0.2, 0.25) is 0 Å². The number of hydrogen-bond donors (Lipinski definition) is 1. The van der Waals surface area contributed by atoms with Crippen molar-refractivity contribution < 1.29 is 4.79 Å². The van der Waals surface area contributed by atoms with Crippen LogP contribution in [0.15, 0.2) is 30.3 Å². The van der Waals surface area contributed by atoms with Gasteiger partial charge in [-0.25, -0.2) is 0 Å². The van der Waals surface area contributed by atoms with E-state index in [1.165, 1.54) is 5.56 Å². The third-order valence-corrected chi connectivity index (χ3v) is 2.63. The van der Waals surface area contributed by atoms with Crippen LogP contribution >= 0.6 is 0 Å². The number of hydrogen-bond acceptors (Lipinski definition) is 2. The standard InChI is InChI=1S/C14H21NO/c1-12(2)14(16)9-11-15-10-8-13-6-4-3-5-7-13/h3-7,12,15H,8-11H2,1-2H3. The second-order valence-electron chi connectivity index (χ2n) is 4.36. The summed E-state index contributed by atoms with van der Waals surface area (Å²) < 4.78 is 0. The Kier molecular flexibility index (Phi) is 5.79. The molecule has 0 aliphatic heterocycles. The molecule has 0 amide bonds. The Morgan fingerprint density at radius 1 is 1.19 bits per heavy atom. The maximum absolute atomic E-state index is 11.3. The van der Waals surface area contributed by atoms with Crippen molar-refractivity contribution in [3.63, 3.8) is 0 Å². The molecule has 0 saturated carbocycles. The van der Waals surface area contributed by atoms with Gasteiger partial charge in [0.05, 0.1) is 0 Å². The molecule has 88 valence electrons. The maximum Gasteiger partial charge on any atom is 0.136 e. The van der Waals surface area contributed by atoms with E-state index in [2.05, 4.69) is 29.6 Å². The number of ketones is 1. The van der Waals surface area contributed by atoms with Gasteiger partial charge in [-0.1, -0.05) is 44.2 Å². The predicted molar refractivity (Wildman–Crippen MR) is 67.5 cm³/mol. The molecule has 0 bridgehead atoms. The van der Waals surface area contributed by atoms with Gasteiger partial charge in [0.15, 0.2) is 0 Å². The van der Waals surface area contributed by atoms with E-state index in [9.17, 15) is 4.79 Å². The molecule has 0 radical (unpaired) electrons. The Labute approximate surface area is 98.1 Å². The van der Waals surface area contributed by atoms with Crippen molar-refractivity contribution in [1.29, 1.82) is 0 Å². The Morgan fingerprint density at radius 3 is 2.50 bits per heavy atom. The lowest BCUT2D eigenvalue weighted by Crippen LogP contribution is -2.22. The van der Waals surface area contributed by atoms with Crippen LogP contribution in [0.1, 0.15) is 25.8 Å². The van der Waals surface area contributed by atoms with Gasteiger partial charge < -0.3 is 5.32 Å². The minimum atomic E-state index is 0.163. The molecule has 0 unspecified atom stereocenters.